The zero-order chi connectivity index (χ0) is 17.5. The molecule has 128 valence electrons. The molecule has 0 aliphatic rings. The molecule has 2 N–H and O–H groups in total. The first kappa shape index (κ1) is 17.7. The van der Waals surface area contributed by atoms with E-state index in [2.05, 4.69) is 17.3 Å². The van der Waals surface area contributed by atoms with Crippen LogP contribution in [0.4, 0.5) is 0 Å². The van der Waals surface area contributed by atoms with Gasteiger partial charge in [0.25, 0.3) is 0 Å². The van der Waals surface area contributed by atoms with Gasteiger partial charge >= 0.3 is 5.97 Å². The highest BCUT2D eigenvalue weighted by molar-refractivity contribution is 5.85. The number of benzene rings is 1. The molecule has 1 amide bonds. The van der Waals surface area contributed by atoms with E-state index in [1.165, 1.54) is 10.7 Å². The number of rotatable bonds is 8. The molecule has 1 atom stereocenters. The number of hydrogen-bond donors (Lipinski definition) is 2. The smallest absolute Gasteiger partial charge is 0.356 e. The zero-order valence-electron chi connectivity index (χ0n) is 14.0. The molecule has 0 saturated carbocycles. The Bertz CT molecular complexity index is 709. The summed E-state index contributed by atoms with van der Waals surface area (Å²) in [5.41, 5.74) is 1.70. The summed E-state index contributed by atoms with van der Waals surface area (Å²) in [4.78, 5) is 23.0. The van der Waals surface area contributed by atoms with E-state index >= 15 is 0 Å². The van der Waals surface area contributed by atoms with Crippen LogP contribution in [0.15, 0.2) is 36.5 Å². The second-order valence-electron chi connectivity index (χ2n) is 5.88. The maximum atomic E-state index is 12.1. The number of unbranched alkanes of at least 4 members (excludes halogenated alkanes) is 1. The van der Waals surface area contributed by atoms with Gasteiger partial charge in [-0.3, -0.25) is 4.79 Å². The standard InChI is InChI=1S/C18H23N3O3/c1-3-4-6-13(2)17(22)19-12-14-7-5-8-15(11-14)21-10-9-16(20-21)18(23)24/h5,7-11,13H,3-4,6,12H2,1-2H3,(H,19,22)(H,23,24). The molecule has 0 bridgehead atoms. The van der Waals surface area contributed by atoms with Gasteiger partial charge in [-0.2, -0.15) is 5.10 Å². The lowest BCUT2D eigenvalue weighted by Crippen LogP contribution is -2.28. The average Bonchev–Trinajstić information content (AvgIpc) is 3.08. The first-order valence-electron chi connectivity index (χ1n) is 8.17. The molecule has 2 aromatic rings. The number of aromatic carboxylic acids is 1. The molecule has 0 aliphatic heterocycles. The largest absolute Gasteiger partial charge is 0.476 e. The van der Waals surface area contributed by atoms with Crippen molar-refractivity contribution >= 4 is 11.9 Å². The maximum Gasteiger partial charge on any atom is 0.356 e. The first-order chi connectivity index (χ1) is 11.5. The highest BCUT2D eigenvalue weighted by atomic mass is 16.4. The van der Waals surface area contributed by atoms with Crippen molar-refractivity contribution in [1.29, 1.82) is 0 Å². The van der Waals surface area contributed by atoms with E-state index in [0.29, 0.717) is 6.54 Å². The van der Waals surface area contributed by atoms with Gasteiger partial charge in [0.2, 0.25) is 5.91 Å². The number of hydrogen-bond acceptors (Lipinski definition) is 3. The minimum absolute atomic E-state index is 0.00143. The number of amides is 1. The predicted molar refractivity (Wildman–Crippen MR) is 91.1 cm³/mol. The van der Waals surface area contributed by atoms with Crippen LogP contribution in [0.25, 0.3) is 5.69 Å². The van der Waals surface area contributed by atoms with Crippen LogP contribution in [0.1, 0.15) is 49.2 Å². The van der Waals surface area contributed by atoms with Crippen LogP contribution >= 0.6 is 0 Å². The molecule has 0 aliphatic carbocycles. The summed E-state index contributed by atoms with van der Waals surface area (Å²) in [7, 11) is 0. The van der Waals surface area contributed by atoms with Gasteiger partial charge in [-0.15, -0.1) is 0 Å². The average molecular weight is 329 g/mol. The summed E-state index contributed by atoms with van der Waals surface area (Å²) in [5, 5.41) is 15.9. The topological polar surface area (TPSA) is 84.2 Å². The van der Waals surface area contributed by atoms with Gasteiger partial charge in [-0.1, -0.05) is 38.8 Å². The lowest BCUT2D eigenvalue weighted by atomic mass is 10.0. The van der Waals surface area contributed by atoms with Crippen molar-refractivity contribution < 1.29 is 14.7 Å². The molecule has 0 radical (unpaired) electrons. The van der Waals surface area contributed by atoms with Crippen molar-refractivity contribution in [3.05, 3.63) is 47.8 Å². The number of nitrogens with one attached hydrogen (secondary N) is 1. The maximum absolute atomic E-state index is 12.1. The molecule has 0 spiro atoms. The van der Waals surface area contributed by atoms with E-state index in [-0.39, 0.29) is 17.5 Å². The van der Waals surface area contributed by atoms with E-state index < -0.39 is 5.97 Å². The third-order valence-corrected chi connectivity index (χ3v) is 3.89. The minimum Gasteiger partial charge on any atom is -0.476 e. The van der Waals surface area contributed by atoms with Gasteiger partial charge in [0.1, 0.15) is 0 Å². The molecule has 1 heterocycles. The monoisotopic (exact) mass is 329 g/mol. The van der Waals surface area contributed by atoms with Crippen LogP contribution in [0.5, 0.6) is 0 Å². The van der Waals surface area contributed by atoms with Crippen molar-refractivity contribution in [2.45, 2.75) is 39.7 Å². The highest BCUT2D eigenvalue weighted by Gasteiger charge is 2.12. The molecule has 6 heteroatoms. The molecule has 1 unspecified atom stereocenters. The fourth-order valence-electron chi connectivity index (χ4n) is 2.40. The fraction of sp³-hybridized carbons (Fsp3) is 0.389. The lowest BCUT2D eigenvalue weighted by molar-refractivity contribution is -0.124. The quantitative estimate of drug-likeness (QED) is 0.780. The summed E-state index contributed by atoms with van der Waals surface area (Å²) >= 11 is 0. The third kappa shape index (κ3) is 4.68. The van der Waals surface area contributed by atoms with Crippen molar-refractivity contribution in [1.82, 2.24) is 15.1 Å². The second-order valence-corrected chi connectivity index (χ2v) is 5.88. The van der Waals surface area contributed by atoms with Crippen LogP contribution in [0.3, 0.4) is 0 Å². The van der Waals surface area contributed by atoms with Gasteiger partial charge in [-0.05, 0) is 30.2 Å². The van der Waals surface area contributed by atoms with Gasteiger partial charge in [0.05, 0.1) is 5.69 Å². The molecule has 1 aromatic heterocycles. The molecule has 0 fully saturated rings. The number of carbonyl (C=O) groups is 2. The molecular weight excluding hydrogens is 306 g/mol. The Morgan fingerprint density at radius 3 is 2.79 bits per heavy atom. The Kier molecular flexibility index (Phi) is 6.12. The fourth-order valence-corrected chi connectivity index (χ4v) is 2.40. The Morgan fingerprint density at radius 1 is 1.33 bits per heavy atom. The summed E-state index contributed by atoms with van der Waals surface area (Å²) in [5.74, 6) is -0.989. The van der Waals surface area contributed by atoms with Crippen molar-refractivity contribution in [3.63, 3.8) is 0 Å². The van der Waals surface area contributed by atoms with Crippen molar-refractivity contribution in [3.8, 4) is 5.69 Å². The molecule has 1 aromatic carbocycles. The number of nitrogens with zero attached hydrogens (tertiary/aromatic N) is 2. The molecule has 2 rings (SSSR count). The van der Waals surface area contributed by atoms with Crippen LogP contribution in [-0.2, 0) is 11.3 Å². The summed E-state index contributed by atoms with van der Waals surface area (Å²) in [6.45, 7) is 4.50. The number of carbonyl (C=O) groups excluding carboxylic acids is 1. The molecule has 0 saturated heterocycles. The van der Waals surface area contributed by atoms with Crippen LogP contribution in [0, 0.1) is 5.92 Å². The minimum atomic E-state index is -1.06. The normalized spacial score (nSPS) is 11.9. The zero-order valence-corrected chi connectivity index (χ0v) is 14.0. The van der Waals surface area contributed by atoms with E-state index in [1.54, 1.807) is 6.20 Å². The number of aromatic nitrogens is 2. The predicted octanol–water partition coefficient (Wildman–Crippen LogP) is 3.01. The molecule has 24 heavy (non-hydrogen) atoms. The Hall–Kier alpha value is -2.63. The lowest BCUT2D eigenvalue weighted by Gasteiger charge is -2.12. The van der Waals surface area contributed by atoms with E-state index in [0.717, 1.165) is 30.5 Å². The summed E-state index contributed by atoms with van der Waals surface area (Å²) in [6.07, 6.45) is 4.64. The van der Waals surface area contributed by atoms with E-state index in [4.69, 9.17) is 5.11 Å². The van der Waals surface area contributed by atoms with Gasteiger partial charge in [-0.25, -0.2) is 9.48 Å². The Labute approximate surface area is 141 Å². The summed E-state index contributed by atoms with van der Waals surface area (Å²) < 4.78 is 1.51. The Morgan fingerprint density at radius 2 is 2.12 bits per heavy atom. The second kappa shape index (κ2) is 8.29. The van der Waals surface area contributed by atoms with E-state index in [1.807, 2.05) is 31.2 Å². The highest BCUT2D eigenvalue weighted by Crippen LogP contribution is 2.12. The number of carboxylic acid groups (broad SMARTS) is 1. The van der Waals surface area contributed by atoms with Crippen molar-refractivity contribution in [2.24, 2.45) is 5.92 Å². The third-order valence-electron chi connectivity index (χ3n) is 3.89. The van der Waals surface area contributed by atoms with Crippen LogP contribution in [-0.4, -0.2) is 26.8 Å². The van der Waals surface area contributed by atoms with Gasteiger partial charge in [0.15, 0.2) is 5.69 Å². The number of carboxylic acids is 1. The summed E-state index contributed by atoms with van der Waals surface area (Å²) in [6, 6.07) is 8.96. The van der Waals surface area contributed by atoms with Gasteiger partial charge in [0, 0.05) is 18.7 Å². The Balaban J connectivity index is 1.99. The SMILES string of the molecule is CCCCC(C)C(=O)NCc1cccc(-n2ccc(C(=O)O)n2)c1. The van der Waals surface area contributed by atoms with Crippen LogP contribution in [0.2, 0.25) is 0 Å². The van der Waals surface area contributed by atoms with Crippen LogP contribution < -0.4 is 5.32 Å². The van der Waals surface area contributed by atoms with Gasteiger partial charge < -0.3 is 10.4 Å². The van der Waals surface area contributed by atoms with Crippen molar-refractivity contribution in [2.75, 3.05) is 0 Å². The van der Waals surface area contributed by atoms with E-state index in [9.17, 15) is 9.59 Å². The molecule has 6 nitrogen and oxygen atoms in total. The first-order valence-corrected chi connectivity index (χ1v) is 8.17. The molecular formula is C18H23N3O3.